The minimum atomic E-state index is -0.385. The SMILES string of the molecule is C#CCC(CC)Nc1ccc([N+](=O)[O-])c(I)c1. The second-order valence-electron chi connectivity index (χ2n) is 3.58. The van der Waals surface area contributed by atoms with Gasteiger partial charge in [-0.25, -0.2) is 0 Å². The van der Waals surface area contributed by atoms with Crippen LogP contribution in [0.5, 0.6) is 0 Å². The summed E-state index contributed by atoms with van der Waals surface area (Å²) in [6.07, 6.45) is 6.83. The van der Waals surface area contributed by atoms with E-state index in [1.54, 1.807) is 12.1 Å². The van der Waals surface area contributed by atoms with Crippen molar-refractivity contribution in [1.29, 1.82) is 0 Å². The van der Waals surface area contributed by atoms with Crippen LogP contribution in [0.15, 0.2) is 18.2 Å². The van der Waals surface area contributed by atoms with Gasteiger partial charge in [0.05, 0.1) is 8.49 Å². The molecule has 0 radical (unpaired) electrons. The fourth-order valence-corrected chi connectivity index (χ4v) is 2.13. The maximum absolute atomic E-state index is 10.7. The van der Waals surface area contributed by atoms with Crippen molar-refractivity contribution in [2.75, 3.05) is 5.32 Å². The Balaban J connectivity index is 2.84. The Morgan fingerprint density at radius 2 is 2.35 bits per heavy atom. The summed E-state index contributed by atoms with van der Waals surface area (Å²) in [5.41, 5.74) is 0.989. The molecule has 17 heavy (non-hydrogen) atoms. The zero-order valence-corrected chi connectivity index (χ0v) is 11.6. The Bertz CT molecular complexity index is 454. The molecule has 4 nitrogen and oxygen atoms in total. The van der Waals surface area contributed by atoms with E-state index in [0.29, 0.717) is 9.99 Å². The number of hydrogen-bond donors (Lipinski definition) is 1. The van der Waals surface area contributed by atoms with Gasteiger partial charge in [0, 0.05) is 24.2 Å². The minimum absolute atomic E-state index is 0.126. The Hall–Kier alpha value is -1.29. The highest BCUT2D eigenvalue weighted by Crippen LogP contribution is 2.24. The van der Waals surface area contributed by atoms with E-state index in [0.717, 1.165) is 12.1 Å². The molecule has 1 aromatic carbocycles. The van der Waals surface area contributed by atoms with Gasteiger partial charge < -0.3 is 5.32 Å². The number of nitro groups is 1. The van der Waals surface area contributed by atoms with Gasteiger partial charge in [-0.15, -0.1) is 12.3 Å². The van der Waals surface area contributed by atoms with Gasteiger partial charge in [-0.3, -0.25) is 10.1 Å². The fraction of sp³-hybridized carbons (Fsp3) is 0.333. The Morgan fingerprint density at radius 1 is 1.65 bits per heavy atom. The third-order valence-corrected chi connectivity index (χ3v) is 3.24. The molecule has 0 bridgehead atoms. The average Bonchev–Trinajstić information content (AvgIpc) is 2.28. The number of benzene rings is 1. The maximum atomic E-state index is 10.7. The Morgan fingerprint density at radius 3 is 2.82 bits per heavy atom. The number of halogens is 1. The van der Waals surface area contributed by atoms with Crippen LogP contribution in [-0.2, 0) is 0 Å². The van der Waals surface area contributed by atoms with E-state index < -0.39 is 0 Å². The lowest BCUT2D eigenvalue weighted by molar-refractivity contribution is -0.385. The lowest BCUT2D eigenvalue weighted by Crippen LogP contribution is -2.17. The highest BCUT2D eigenvalue weighted by atomic mass is 127. The number of nitro benzene ring substituents is 1. The van der Waals surface area contributed by atoms with Crippen molar-refractivity contribution in [2.45, 2.75) is 25.8 Å². The summed E-state index contributed by atoms with van der Waals surface area (Å²) in [6.45, 7) is 2.05. The van der Waals surface area contributed by atoms with Gasteiger partial charge in [0.1, 0.15) is 0 Å². The first kappa shape index (κ1) is 13.8. The van der Waals surface area contributed by atoms with Crippen LogP contribution < -0.4 is 5.32 Å². The summed E-state index contributed by atoms with van der Waals surface area (Å²) in [7, 11) is 0. The molecule has 0 spiro atoms. The molecular formula is C12H13IN2O2. The van der Waals surface area contributed by atoms with Crippen molar-refractivity contribution in [3.05, 3.63) is 31.9 Å². The third kappa shape index (κ3) is 3.89. The van der Waals surface area contributed by atoms with Crippen LogP contribution in [0.3, 0.4) is 0 Å². The highest BCUT2D eigenvalue weighted by molar-refractivity contribution is 14.1. The first-order chi connectivity index (χ1) is 8.08. The van der Waals surface area contributed by atoms with Gasteiger partial charge in [-0.2, -0.15) is 0 Å². The molecule has 0 aromatic heterocycles. The summed E-state index contributed by atoms with van der Waals surface area (Å²) < 4.78 is 0.619. The summed E-state index contributed by atoms with van der Waals surface area (Å²) >= 11 is 1.96. The molecular weight excluding hydrogens is 331 g/mol. The van der Waals surface area contributed by atoms with Crippen molar-refractivity contribution in [3.63, 3.8) is 0 Å². The molecule has 1 unspecified atom stereocenters. The zero-order chi connectivity index (χ0) is 12.8. The maximum Gasteiger partial charge on any atom is 0.282 e. The summed E-state index contributed by atoms with van der Waals surface area (Å²) in [5, 5.41) is 13.9. The smallest absolute Gasteiger partial charge is 0.282 e. The lowest BCUT2D eigenvalue weighted by atomic mass is 10.1. The monoisotopic (exact) mass is 344 g/mol. The minimum Gasteiger partial charge on any atom is -0.381 e. The first-order valence-corrected chi connectivity index (χ1v) is 6.30. The van der Waals surface area contributed by atoms with E-state index >= 15 is 0 Å². The molecule has 0 saturated heterocycles. The second kappa shape index (κ2) is 6.45. The van der Waals surface area contributed by atoms with E-state index in [2.05, 4.69) is 11.2 Å². The van der Waals surface area contributed by atoms with Gasteiger partial charge >= 0.3 is 0 Å². The van der Waals surface area contributed by atoms with Crippen molar-refractivity contribution in [1.82, 2.24) is 0 Å². The van der Waals surface area contributed by atoms with Gasteiger partial charge in [0.2, 0.25) is 0 Å². The molecule has 0 aliphatic carbocycles. The number of anilines is 1. The molecule has 0 aliphatic rings. The standard InChI is InChI=1S/C12H13IN2O2/c1-3-5-9(4-2)14-10-6-7-12(15(16)17)11(13)8-10/h1,6-9,14H,4-5H2,2H3. The molecule has 1 N–H and O–H groups in total. The molecule has 0 amide bonds. The van der Waals surface area contributed by atoms with Crippen LogP contribution in [-0.4, -0.2) is 11.0 Å². The van der Waals surface area contributed by atoms with Crippen LogP contribution in [0.2, 0.25) is 0 Å². The van der Waals surface area contributed by atoms with Crippen LogP contribution >= 0.6 is 22.6 Å². The zero-order valence-electron chi connectivity index (χ0n) is 9.44. The number of nitrogens with one attached hydrogen (secondary N) is 1. The van der Waals surface area contributed by atoms with E-state index in [1.807, 2.05) is 29.5 Å². The van der Waals surface area contributed by atoms with Crippen LogP contribution in [0, 0.1) is 26.0 Å². The van der Waals surface area contributed by atoms with Crippen LogP contribution in [0.25, 0.3) is 0 Å². The van der Waals surface area contributed by atoms with Crippen molar-refractivity contribution in [2.24, 2.45) is 0 Å². The van der Waals surface area contributed by atoms with Crippen LogP contribution in [0.1, 0.15) is 19.8 Å². The predicted octanol–water partition coefficient (Wildman–Crippen LogP) is 3.41. The summed E-state index contributed by atoms with van der Waals surface area (Å²) in [6, 6.07) is 5.18. The predicted molar refractivity (Wildman–Crippen MR) is 77.0 cm³/mol. The molecule has 5 heteroatoms. The number of nitrogens with zero attached hydrogens (tertiary/aromatic N) is 1. The largest absolute Gasteiger partial charge is 0.381 e. The molecule has 90 valence electrons. The Kier molecular flexibility index (Phi) is 5.22. The van der Waals surface area contributed by atoms with E-state index in [9.17, 15) is 10.1 Å². The van der Waals surface area contributed by atoms with Crippen LogP contribution in [0.4, 0.5) is 11.4 Å². The molecule has 1 atom stereocenters. The molecule has 0 fully saturated rings. The quantitative estimate of drug-likeness (QED) is 0.385. The van der Waals surface area contributed by atoms with Crippen molar-refractivity contribution in [3.8, 4) is 12.3 Å². The number of rotatable bonds is 5. The van der Waals surface area contributed by atoms with E-state index in [1.165, 1.54) is 6.07 Å². The molecule has 1 aromatic rings. The molecule has 1 rings (SSSR count). The van der Waals surface area contributed by atoms with Crippen molar-refractivity contribution >= 4 is 34.0 Å². The van der Waals surface area contributed by atoms with E-state index in [-0.39, 0.29) is 16.7 Å². The van der Waals surface area contributed by atoms with Gasteiger partial charge in [-0.1, -0.05) is 6.92 Å². The highest BCUT2D eigenvalue weighted by Gasteiger charge is 2.12. The number of hydrogen-bond acceptors (Lipinski definition) is 3. The molecule has 0 aliphatic heterocycles. The topological polar surface area (TPSA) is 55.2 Å². The summed E-state index contributed by atoms with van der Waals surface area (Å²) in [5.74, 6) is 2.61. The van der Waals surface area contributed by atoms with Crippen molar-refractivity contribution < 1.29 is 4.92 Å². The third-order valence-electron chi connectivity index (χ3n) is 2.37. The molecule has 0 heterocycles. The van der Waals surface area contributed by atoms with E-state index in [4.69, 9.17) is 6.42 Å². The molecule has 0 saturated carbocycles. The summed E-state index contributed by atoms with van der Waals surface area (Å²) in [4.78, 5) is 10.3. The number of terminal acetylenes is 1. The van der Waals surface area contributed by atoms with Gasteiger partial charge in [-0.05, 0) is 41.1 Å². The second-order valence-corrected chi connectivity index (χ2v) is 4.74. The first-order valence-electron chi connectivity index (χ1n) is 5.22. The fourth-order valence-electron chi connectivity index (χ4n) is 1.42. The average molecular weight is 344 g/mol. The lowest BCUT2D eigenvalue weighted by Gasteiger charge is -2.15. The van der Waals surface area contributed by atoms with Gasteiger partial charge in [0.15, 0.2) is 0 Å². The normalized spacial score (nSPS) is 11.6. The Labute approximate surface area is 114 Å². The van der Waals surface area contributed by atoms with Gasteiger partial charge in [0.25, 0.3) is 5.69 Å².